The standard InChI is InChI=1S/C18H18ClN3OS2/c1-4-15-21-14(10-24-15)9-22(3)18(23)16-11(2)20-17(25-16)12-6-5-7-13(19)8-12/h5-8,10H,4,9H2,1-3H3. The molecule has 1 amide bonds. The van der Waals surface area contributed by atoms with E-state index in [2.05, 4.69) is 16.9 Å². The quantitative estimate of drug-likeness (QED) is 0.610. The average Bonchev–Trinajstić information content (AvgIpc) is 3.20. The summed E-state index contributed by atoms with van der Waals surface area (Å²) < 4.78 is 0. The number of rotatable bonds is 5. The second-order valence-electron chi connectivity index (χ2n) is 5.69. The molecule has 130 valence electrons. The van der Waals surface area contributed by atoms with E-state index >= 15 is 0 Å². The predicted octanol–water partition coefficient (Wildman–Crippen LogP) is 5.06. The van der Waals surface area contributed by atoms with Crippen LogP contribution in [-0.2, 0) is 13.0 Å². The maximum Gasteiger partial charge on any atom is 0.265 e. The summed E-state index contributed by atoms with van der Waals surface area (Å²) in [5.41, 5.74) is 2.59. The van der Waals surface area contributed by atoms with Crippen molar-refractivity contribution in [3.05, 3.63) is 55.9 Å². The molecule has 3 aromatic rings. The molecule has 4 nitrogen and oxygen atoms in total. The van der Waals surface area contributed by atoms with E-state index < -0.39 is 0 Å². The lowest BCUT2D eigenvalue weighted by atomic mass is 10.2. The number of hydrogen-bond acceptors (Lipinski definition) is 5. The van der Waals surface area contributed by atoms with Gasteiger partial charge in [0.25, 0.3) is 5.91 Å². The fourth-order valence-corrected chi connectivity index (χ4v) is 4.40. The van der Waals surface area contributed by atoms with Crippen molar-refractivity contribution in [2.24, 2.45) is 0 Å². The predicted molar refractivity (Wildman–Crippen MR) is 105 cm³/mol. The number of hydrogen-bond donors (Lipinski definition) is 0. The average molecular weight is 392 g/mol. The van der Waals surface area contributed by atoms with Gasteiger partial charge in [0.2, 0.25) is 0 Å². The summed E-state index contributed by atoms with van der Waals surface area (Å²) in [6.45, 7) is 4.44. The number of nitrogens with zero attached hydrogens (tertiary/aromatic N) is 3. The van der Waals surface area contributed by atoms with Crippen molar-refractivity contribution in [3.63, 3.8) is 0 Å². The van der Waals surface area contributed by atoms with Gasteiger partial charge >= 0.3 is 0 Å². The van der Waals surface area contributed by atoms with Gasteiger partial charge in [-0.25, -0.2) is 9.97 Å². The number of carbonyl (C=O) groups is 1. The van der Waals surface area contributed by atoms with Crippen LogP contribution < -0.4 is 0 Å². The zero-order chi connectivity index (χ0) is 18.0. The summed E-state index contributed by atoms with van der Waals surface area (Å²) in [7, 11) is 1.80. The highest BCUT2D eigenvalue weighted by atomic mass is 35.5. The molecule has 0 aliphatic rings. The van der Waals surface area contributed by atoms with Gasteiger partial charge in [-0.1, -0.05) is 30.7 Å². The number of thiazole rings is 2. The summed E-state index contributed by atoms with van der Waals surface area (Å²) >= 11 is 9.09. The molecule has 0 N–H and O–H groups in total. The number of aromatic nitrogens is 2. The van der Waals surface area contributed by atoms with Crippen molar-refractivity contribution >= 4 is 40.2 Å². The number of carbonyl (C=O) groups excluding carboxylic acids is 1. The molecule has 0 atom stereocenters. The third kappa shape index (κ3) is 4.08. The lowest BCUT2D eigenvalue weighted by Gasteiger charge is -2.14. The largest absolute Gasteiger partial charge is 0.335 e. The molecule has 2 heterocycles. The highest BCUT2D eigenvalue weighted by molar-refractivity contribution is 7.17. The number of halogens is 1. The van der Waals surface area contributed by atoms with E-state index in [9.17, 15) is 4.79 Å². The van der Waals surface area contributed by atoms with Gasteiger partial charge in [-0.2, -0.15) is 0 Å². The Bertz CT molecular complexity index is 903. The van der Waals surface area contributed by atoms with Gasteiger partial charge < -0.3 is 4.90 Å². The van der Waals surface area contributed by atoms with Gasteiger partial charge in [-0.05, 0) is 25.5 Å². The minimum atomic E-state index is -0.0330. The molecule has 1 aromatic carbocycles. The SMILES string of the molecule is CCc1nc(CN(C)C(=O)c2sc(-c3cccc(Cl)c3)nc2C)cs1. The minimum Gasteiger partial charge on any atom is -0.335 e. The lowest BCUT2D eigenvalue weighted by molar-refractivity contribution is 0.0787. The zero-order valence-electron chi connectivity index (χ0n) is 14.2. The van der Waals surface area contributed by atoms with Crippen LogP contribution in [0.25, 0.3) is 10.6 Å². The van der Waals surface area contributed by atoms with Crippen LogP contribution in [0.4, 0.5) is 0 Å². The van der Waals surface area contributed by atoms with Gasteiger partial charge in [0.15, 0.2) is 0 Å². The van der Waals surface area contributed by atoms with E-state index in [0.29, 0.717) is 16.4 Å². The summed E-state index contributed by atoms with van der Waals surface area (Å²) in [5, 5.41) is 4.57. The Balaban J connectivity index is 1.79. The monoisotopic (exact) mass is 391 g/mol. The Hall–Kier alpha value is -1.76. The number of amides is 1. The molecule has 0 aliphatic heterocycles. The first-order valence-corrected chi connectivity index (χ1v) is 9.97. The van der Waals surface area contributed by atoms with Crippen molar-refractivity contribution in [1.82, 2.24) is 14.9 Å². The first kappa shape index (κ1) is 18.0. The summed E-state index contributed by atoms with van der Waals surface area (Å²) in [6.07, 6.45) is 0.916. The Kier molecular flexibility index (Phi) is 5.51. The van der Waals surface area contributed by atoms with Crippen LogP contribution in [0.3, 0.4) is 0 Å². The third-order valence-corrected chi connectivity index (χ3v) is 6.18. The smallest absolute Gasteiger partial charge is 0.265 e. The van der Waals surface area contributed by atoms with Crippen molar-refractivity contribution in [2.45, 2.75) is 26.8 Å². The molecule has 0 bridgehead atoms. The van der Waals surface area contributed by atoms with Crippen LogP contribution in [0.5, 0.6) is 0 Å². The van der Waals surface area contributed by atoms with Gasteiger partial charge in [0.05, 0.1) is 22.9 Å². The van der Waals surface area contributed by atoms with Crippen LogP contribution in [-0.4, -0.2) is 27.8 Å². The third-order valence-electron chi connectivity index (χ3n) is 3.71. The maximum absolute atomic E-state index is 12.8. The Labute approximate surface area is 160 Å². The fraction of sp³-hybridized carbons (Fsp3) is 0.278. The molecule has 0 saturated carbocycles. The number of aryl methyl sites for hydroxylation is 2. The first-order valence-electron chi connectivity index (χ1n) is 7.90. The summed E-state index contributed by atoms with van der Waals surface area (Å²) in [4.78, 5) is 24.2. The van der Waals surface area contributed by atoms with Crippen LogP contribution >= 0.6 is 34.3 Å². The normalized spacial score (nSPS) is 10.9. The molecule has 3 rings (SSSR count). The summed E-state index contributed by atoms with van der Waals surface area (Å²) in [5.74, 6) is -0.0330. The molecule has 7 heteroatoms. The van der Waals surface area contributed by atoms with Gasteiger partial charge in [0.1, 0.15) is 9.88 Å². The molecule has 0 radical (unpaired) electrons. The van der Waals surface area contributed by atoms with Crippen molar-refractivity contribution in [3.8, 4) is 10.6 Å². The van der Waals surface area contributed by atoms with Gasteiger partial charge in [0, 0.05) is 23.0 Å². The van der Waals surface area contributed by atoms with E-state index in [0.717, 1.165) is 33.4 Å². The van der Waals surface area contributed by atoms with E-state index in [1.165, 1.54) is 11.3 Å². The molecule has 0 spiro atoms. The highest BCUT2D eigenvalue weighted by Crippen LogP contribution is 2.30. The van der Waals surface area contributed by atoms with Gasteiger partial charge in [-0.3, -0.25) is 4.79 Å². The second kappa shape index (κ2) is 7.64. The van der Waals surface area contributed by atoms with Crippen LogP contribution in [0.15, 0.2) is 29.6 Å². The molecule has 0 unspecified atom stereocenters. The van der Waals surface area contributed by atoms with Crippen LogP contribution in [0.2, 0.25) is 5.02 Å². The Morgan fingerprint density at radius 1 is 1.32 bits per heavy atom. The van der Waals surface area contributed by atoms with Crippen LogP contribution in [0.1, 0.15) is 33.0 Å². The van der Waals surface area contributed by atoms with Crippen LogP contribution in [0, 0.1) is 6.92 Å². The lowest BCUT2D eigenvalue weighted by Crippen LogP contribution is -2.26. The molecule has 2 aromatic heterocycles. The molecular weight excluding hydrogens is 374 g/mol. The Morgan fingerprint density at radius 3 is 2.80 bits per heavy atom. The highest BCUT2D eigenvalue weighted by Gasteiger charge is 2.20. The molecule has 25 heavy (non-hydrogen) atoms. The van der Waals surface area contributed by atoms with E-state index in [4.69, 9.17) is 11.6 Å². The fourth-order valence-electron chi connectivity index (χ4n) is 2.41. The van der Waals surface area contributed by atoms with E-state index in [-0.39, 0.29) is 5.91 Å². The molecule has 0 aliphatic carbocycles. The zero-order valence-corrected chi connectivity index (χ0v) is 16.6. The van der Waals surface area contributed by atoms with Crippen molar-refractivity contribution < 1.29 is 4.79 Å². The van der Waals surface area contributed by atoms with Crippen molar-refractivity contribution in [2.75, 3.05) is 7.05 Å². The molecule has 0 saturated heterocycles. The number of benzene rings is 1. The Morgan fingerprint density at radius 2 is 2.12 bits per heavy atom. The minimum absolute atomic E-state index is 0.0330. The maximum atomic E-state index is 12.8. The van der Waals surface area contributed by atoms with E-state index in [1.54, 1.807) is 23.3 Å². The summed E-state index contributed by atoms with van der Waals surface area (Å²) in [6, 6.07) is 7.52. The van der Waals surface area contributed by atoms with E-state index in [1.807, 2.05) is 36.6 Å². The molecule has 0 fully saturated rings. The van der Waals surface area contributed by atoms with Gasteiger partial charge in [-0.15, -0.1) is 22.7 Å². The van der Waals surface area contributed by atoms with Crippen molar-refractivity contribution in [1.29, 1.82) is 0 Å². The topological polar surface area (TPSA) is 46.1 Å². The molecular formula is C18H18ClN3OS2. The second-order valence-corrected chi connectivity index (χ2v) is 8.07. The first-order chi connectivity index (χ1) is 12.0.